The standard InChI is InChI=1S/C12H13BrFN3O/c1-12-4-7(15-8(12)5-12)11(18)17-9-3-2-6(14)10(13)16-9/h2-3,7-8,15H,4-5H2,1H3,(H,16,17,18)/t7-,8+,12-/m0/s1. The Kier molecular flexibility index (Phi) is 2.67. The highest BCUT2D eigenvalue weighted by Crippen LogP contribution is 2.53. The van der Waals surface area contributed by atoms with Crippen molar-refractivity contribution in [1.82, 2.24) is 10.3 Å². The lowest BCUT2D eigenvalue weighted by atomic mass is 10.0. The number of halogens is 2. The minimum Gasteiger partial charge on any atom is -0.309 e. The second-order valence-electron chi connectivity index (χ2n) is 5.29. The molecule has 1 aliphatic heterocycles. The van der Waals surface area contributed by atoms with E-state index in [1.54, 1.807) is 0 Å². The maximum absolute atomic E-state index is 13.0. The molecule has 3 rings (SSSR count). The van der Waals surface area contributed by atoms with Gasteiger partial charge in [-0.3, -0.25) is 4.79 Å². The molecule has 0 bridgehead atoms. The lowest BCUT2D eigenvalue weighted by Crippen LogP contribution is -2.38. The zero-order chi connectivity index (χ0) is 12.9. The molecule has 96 valence electrons. The molecule has 1 aromatic heterocycles. The number of carbonyl (C=O) groups excluding carboxylic acids is 1. The third-order valence-electron chi connectivity index (χ3n) is 3.80. The molecule has 1 aliphatic carbocycles. The normalized spacial score (nSPS) is 33.1. The molecule has 0 unspecified atom stereocenters. The van der Waals surface area contributed by atoms with E-state index >= 15 is 0 Å². The van der Waals surface area contributed by atoms with Crippen molar-refractivity contribution >= 4 is 27.7 Å². The number of piperidine rings is 1. The van der Waals surface area contributed by atoms with Crippen LogP contribution in [0.3, 0.4) is 0 Å². The predicted molar refractivity (Wildman–Crippen MR) is 68.6 cm³/mol. The summed E-state index contributed by atoms with van der Waals surface area (Å²) in [7, 11) is 0. The summed E-state index contributed by atoms with van der Waals surface area (Å²) in [5.41, 5.74) is 0.290. The van der Waals surface area contributed by atoms with Gasteiger partial charge in [-0.15, -0.1) is 0 Å². The molecule has 2 aliphatic rings. The van der Waals surface area contributed by atoms with Gasteiger partial charge in [0.05, 0.1) is 6.04 Å². The fourth-order valence-electron chi connectivity index (χ4n) is 2.53. The Morgan fingerprint density at radius 1 is 1.61 bits per heavy atom. The number of pyridine rings is 1. The first-order chi connectivity index (χ1) is 8.48. The van der Waals surface area contributed by atoms with Crippen molar-refractivity contribution in [3.05, 3.63) is 22.6 Å². The summed E-state index contributed by atoms with van der Waals surface area (Å²) in [4.78, 5) is 15.9. The van der Waals surface area contributed by atoms with Crippen LogP contribution >= 0.6 is 15.9 Å². The highest BCUT2D eigenvalue weighted by molar-refractivity contribution is 9.10. The number of aromatic nitrogens is 1. The van der Waals surface area contributed by atoms with Crippen molar-refractivity contribution in [2.45, 2.75) is 31.8 Å². The van der Waals surface area contributed by atoms with Gasteiger partial charge in [0.15, 0.2) is 5.82 Å². The van der Waals surface area contributed by atoms with Crippen molar-refractivity contribution in [1.29, 1.82) is 0 Å². The Balaban J connectivity index is 1.66. The van der Waals surface area contributed by atoms with Gasteiger partial charge in [-0.1, -0.05) is 6.92 Å². The van der Waals surface area contributed by atoms with Gasteiger partial charge < -0.3 is 10.6 Å². The lowest BCUT2D eigenvalue weighted by Gasteiger charge is -2.14. The molecule has 6 heteroatoms. The van der Waals surface area contributed by atoms with Gasteiger partial charge in [0.25, 0.3) is 0 Å². The molecule has 0 radical (unpaired) electrons. The number of hydrogen-bond acceptors (Lipinski definition) is 3. The number of amides is 1. The highest BCUT2D eigenvalue weighted by Gasteiger charge is 2.58. The topological polar surface area (TPSA) is 54.0 Å². The van der Waals surface area contributed by atoms with Gasteiger partial charge in [0.1, 0.15) is 10.4 Å². The first-order valence-corrected chi connectivity index (χ1v) is 6.66. The summed E-state index contributed by atoms with van der Waals surface area (Å²) in [5.74, 6) is -0.184. The third kappa shape index (κ3) is 2.03. The number of fused-ring (bicyclic) bond motifs is 1. The zero-order valence-electron chi connectivity index (χ0n) is 9.84. The second-order valence-corrected chi connectivity index (χ2v) is 6.04. The van der Waals surface area contributed by atoms with Crippen LogP contribution in [-0.2, 0) is 4.79 Å². The smallest absolute Gasteiger partial charge is 0.242 e. The van der Waals surface area contributed by atoms with E-state index < -0.39 is 5.82 Å². The van der Waals surface area contributed by atoms with Crippen LogP contribution in [0.4, 0.5) is 10.2 Å². The quantitative estimate of drug-likeness (QED) is 0.822. The van der Waals surface area contributed by atoms with E-state index in [-0.39, 0.29) is 16.6 Å². The van der Waals surface area contributed by atoms with Crippen molar-refractivity contribution in [2.75, 3.05) is 5.32 Å². The number of nitrogens with one attached hydrogen (secondary N) is 2. The molecule has 1 saturated heterocycles. The molecule has 4 nitrogen and oxygen atoms in total. The van der Waals surface area contributed by atoms with E-state index in [1.165, 1.54) is 12.1 Å². The van der Waals surface area contributed by atoms with Crippen molar-refractivity contribution in [2.24, 2.45) is 5.41 Å². The molecule has 0 spiro atoms. The molecule has 2 N–H and O–H groups in total. The molecule has 18 heavy (non-hydrogen) atoms. The summed E-state index contributed by atoms with van der Waals surface area (Å²) in [6.45, 7) is 2.19. The van der Waals surface area contributed by atoms with Gasteiger partial charge in [-0.05, 0) is 46.3 Å². The number of anilines is 1. The molecule has 1 amide bonds. The molecule has 0 aromatic carbocycles. The van der Waals surface area contributed by atoms with E-state index in [0.29, 0.717) is 17.3 Å². The van der Waals surface area contributed by atoms with E-state index in [0.717, 1.165) is 12.8 Å². The van der Waals surface area contributed by atoms with Crippen LogP contribution in [0.25, 0.3) is 0 Å². The number of hydrogen-bond donors (Lipinski definition) is 2. The molecular weight excluding hydrogens is 301 g/mol. The fraction of sp³-hybridized carbons (Fsp3) is 0.500. The number of nitrogens with zero attached hydrogens (tertiary/aromatic N) is 1. The van der Waals surface area contributed by atoms with E-state index in [1.807, 2.05) is 0 Å². The molecule has 1 saturated carbocycles. The number of carbonyl (C=O) groups is 1. The fourth-order valence-corrected chi connectivity index (χ4v) is 2.85. The van der Waals surface area contributed by atoms with Crippen molar-refractivity contribution in [3.8, 4) is 0 Å². The van der Waals surface area contributed by atoms with Gasteiger partial charge in [0, 0.05) is 6.04 Å². The van der Waals surface area contributed by atoms with Crippen LogP contribution in [0.5, 0.6) is 0 Å². The SMILES string of the molecule is C[C@@]12C[C@@H](C(=O)Nc3ccc(F)c(Br)n3)N[C@@H]1C2. The molecule has 2 heterocycles. The summed E-state index contributed by atoms with van der Waals surface area (Å²) in [5, 5.41) is 5.99. The lowest BCUT2D eigenvalue weighted by molar-refractivity contribution is -0.118. The molecule has 1 aromatic rings. The first-order valence-electron chi connectivity index (χ1n) is 5.87. The van der Waals surface area contributed by atoms with Gasteiger partial charge in [-0.2, -0.15) is 0 Å². The van der Waals surface area contributed by atoms with Crippen molar-refractivity contribution < 1.29 is 9.18 Å². The molecule has 3 atom stereocenters. The van der Waals surface area contributed by atoms with E-state index in [2.05, 4.69) is 38.5 Å². The Bertz CT molecular complexity index is 524. The predicted octanol–water partition coefficient (Wildman–Crippen LogP) is 2.06. The molecular formula is C12H13BrFN3O. The average molecular weight is 314 g/mol. The zero-order valence-corrected chi connectivity index (χ0v) is 11.4. The first kappa shape index (κ1) is 12.0. The van der Waals surface area contributed by atoms with E-state index in [9.17, 15) is 9.18 Å². The number of rotatable bonds is 2. The van der Waals surface area contributed by atoms with Gasteiger partial charge in [0.2, 0.25) is 5.91 Å². The Morgan fingerprint density at radius 3 is 3.00 bits per heavy atom. The van der Waals surface area contributed by atoms with Crippen LogP contribution < -0.4 is 10.6 Å². The maximum atomic E-state index is 13.0. The second kappa shape index (κ2) is 3.99. The Hall–Kier alpha value is -1.01. The van der Waals surface area contributed by atoms with Crippen LogP contribution in [0.15, 0.2) is 16.7 Å². The third-order valence-corrected chi connectivity index (χ3v) is 4.35. The van der Waals surface area contributed by atoms with Crippen LogP contribution in [0, 0.1) is 11.2 Å². The monoisotopic (exact) mass is 313 g/mol. The summed E-state index contributed by atoms with van der Waals surface area (Å²) in [6, 6.07) is 3.03. The average Bonchev–Trinajstić information content (AvgIpc) is 2.82. The minimum atomic E-state index is -0.444. The Labute approximate surface area is 112 Å². The summed E-state index contributed by atoms with van der Waals surface area (Å²) < 4.78 is 13.1. The van der Waals surface area contributed by atoms with Crippen LogP contribution in [0.1, 0.15) is 19.8 Å². The van der Waals surface area contributed by atoms with Crippen molar-refractivity contribution in [3.63, 3.8) is 0 Å². The largest absolute Gasteiger partial charge is 0.309 e. The van der Waals surface area contributed by atoms with Gasteiger partial charge in [-0.25, -0.2) is 9.37 Å². The van der Waals surface area contributed by atoms with Gasteiger partial charge >= 0.3 is 0 Å². The summed E-state index contributed by atoms with van der Waals surface area (Å²) >= 11 is 2.99. The maximum Gasteiger partial charge on any atom is 0.242 e. The highest BCUT2D eigenvalue weighted by atomic mass is 79.9. The van der Waals surface area contributed by atoms with Crippen LogP contribution in [-0.4, -0.2) is 23.0 Å². The van der Waals surface area contributed by atoms with E-state index in [4.69, 9.17) is 0 Å². The minimum absolute atomic E-state index is 0.102. The Morgan fingerprint density at radius 2 is 2.39 bits per heavy atom. The summed E-state index contributed by atoms with van der Waals surface area (Å²) in [6.07, 6.45) is 2.00. The van der Waals surface area contributed by atoms with Crippen LogP contribution in [0.2, 0.25) is 0 Å². The molecule has 2 fully saturated rings.